The number of carbonyl (C=O) groups is 2. The fourth-order valence-electron chi connectivity index (χ4n) is 3.63. The molecule has 154 valence electrons. The van der Waals surface area contributed by atoms with Crippen molar-refractivity contribution < 1.29 is 9.59 Å². The van der Waals surface area contributed by atoms with Gasteiger partial charge in [0.05, 0.1) is 6.04 Å². The lowest BCUT2D eigenvalue weighted by molar-refractivity contribution is -0.129. The summed E-state index contributed by atoms with van der Waals surface area (Å²) < 4.78 is 0. The van der Waals surface area contributed by atoms with Crippen molar-refractivity contribution in [1.82, 2.24) is 10.6 Å². The van der Waals surface area contributed by atoms with Crippen LogP contribution in [0.2, 0.25) is 0 Å². The first-order valence-corrected chi connectivity index (χ1v) is 10.4. The highest BCUT2D eigenvalue weighted by Crippen LogP contribution is 2.19. The lowest BCUT2D eigenvalue weighted by Crippen LogP contribution is -2.55. The summed E-state index contributed by atoms with van der Waals surface area (Å²) in [5, 5.41) is 9.27. The van der Waals surface area contributed by atoms with Crippen LogP contribution in [0, 0.1) is 19.8 Å². The Bertz CT molecular complexity index is 893. The standard InChI is InChI=1S/C24H31N3O2/c1-5-15(2)22(24(29)26-20-11-10-16(3)17(4)12-20)27-23(28)21-13-18-8-6-7-9-19(18)14-25-21/h6-12,15,21-22,25H,5,13-14H2,1-4H3,(H,26,29)(H,27,28). The molecular formula is C24H31N3O2. The smallest absolute Gasteiger partial charge is 0.247 e. The average Bonchev–Trinajstić information content (AvgIpc) is 2.73. The van der Waals surface area contributed by atoms with Gasteiger partial charge >= 0.3 is 0 Å². The maximum absolute atomic E-state index is 13.0. The summed E-state index contributed by atoms with van der Waals surface area (Å²) in [5.41, 5.74) is 5.47. The molecule has 0 spiro atoms. The van der Waals surface area contributed by atoms with Crippen molar-refractivity contribution in [1.29, 1.82) is 0 Å². The summed E-state index contributed by atoms with van der Waals surface area (Å²) in [5.74, 6) is -0.270. The molecule has 2 amide bonds. The Balaban J connectivity index is 1.69. The molecule has 1 heterocycles. The minimum atomic E-state index is -0.576. The van der Waals surface area contributed by atoms with Gasteiger partial charge in [-0.2, -0.15) is 0 Å². The molecule has 0 fully saturated rings. The third-order valence-corrected chi connectivity index (χ3v) is 5.97. The second-order valence-electron chi connectivity index (χ2n) is 8.07. The van der Waals surface area contributed by atoms with Crippen LogP contribution in [-0.4, -0.2) is 23.9 Å². The Hall–Kier alpha value is -2.66. The summed E-state index contributed by atoms with van der Waals surface area (Å²) in [6.45, 7) is 8.75. The summed E-state index contributed by atoms with van der Waals surface area (Å²) >= 11 is 0. The van der Waals surface area contributed by atoms with E-state index < -0.39 is 6.04 Å². The van der Waals surface area contributed by atoms with Crippen molar-refractivity contribution in [3.63, 3.8) is 0 Å². The largest absolute Gasteiger partial charge is 0.343 e. The van der Waals surface area contributed by atoms with E-state index in [0.29, 0.717) is 13.0 Å². The summed E-state index contributed by atoms with van der Waals surface area (Å²) in [7, 11) is 0. The van der Waals surface area contributed by atoms with Gasteiger partial charge in [-0.3, -0.25) is 9.59 Å². The van der Waals surface area contributed by atoms with E-state index in [-0.39, 0.29) is 23.8 Å². The maximum Gasteiger partial charge on any atom is 0.247 e. The molecule has 5 heteroatoms. The molecular weight excluding hydrogens is 362 g/mol. The number of hydrogen-bond acceptors (Lipinski definition) is 3. The highest BCUT2D eigenvalue weighted by Gasteiger charge is 2.30. The van der Waals surface area contributed by atoms with Crippen LogP contribution in [0.25, 0.3) is 0 Å². The highest BCUT2D eigenvalue weighted by atomic mass is 16.2. The highest BCUT2D eigenvalue weighted by molar-refractivity contribution is 5.98. The van der Waals surface area contributed by atoms with Crippen LogP contribution in [0.3, 0.4) is 0 Å². The molecule has 0 saturated carbocycles. The minimum Gasteiger partial charge on any atom is -0.343 e. The first-order valence-electron chi connectivity index (χ1n) is 10.4. The lowest BCUT2D eigenvalue weighted by Gasteiger charge is -2.29. The van der Waals surface area contributed by atoms with Crippen LogP contribution < -0.4 is 16.0 Å². The first kappa shape index (κ1) is 21.1. The zero-order chi connectivity index (χ0) is 21.0. The van der Waals surface area contributed by atoms with E-state index in [2.05, 4.69) is 28.1 Å². The molecule has 1 aliphatic rings. The van der Waals surface area contributed by atoms with Gasteiger partial charge in [0.15, 0.2) is 0 Å². The van der Waals surface area contributed by atoms with E-state index in [4.69, 9.17) is 0 Å². The third-order valence-electron chi connectivity index (χ3n) is 5.97. The number of hydrogen-bond donors (Lipinski definition) is 3. The number of amides is 2. The van der Waals surface area contributed by atoms with Gasteiger partial charge in [0.1, 0.15) is 6.04 Å². The number of fused-ring (bicyclic) bond motifs is 1. The molecule has 5 nitrogen and oxygen atoms in total. The van der Waals surface area contributed by atoms with Gasteiger partial charge in [-0.25, -0.2) is 0 Å². The first-order chi connectivity index (χ1) is 13.9. The molecule has 0 aromatic heterocycles. The van der Waals surface area contributed by atoms with Crippen LogP contribution >= 0.6 is 0 Å². The summed E-state index contributed by atoms with van der Waals surface area (Å²) in [6, 6.07) is 13.1. The van der Waals surface area contributed by atoms with Crippen LogP contribution in [-0.2, 0) is 22.6 Å². The van der Waals surface area contributed by atoms with Gasteiger partial charge in [-0.15, -0.1) is 0 Å². The van der Waals surface area contributed by atoms with E-state index in [0.717, 1.165) is 17.7 Å². The number of benzene rings is 2. The van der Waals surface area contributed by atoms with Gasteiger partial charge in [-0.05, 0) is 60.6 Å². The van der Waals surface area contributed by atoms with Crippen molar-refractivity contribution in [2.45, 2.75) is 59.2 Å². The quantitative estimate of drug-likeness (QED) is 0.704. The number of nitrogens with one attached hydrogen (secondary N) is 3. The second-order valence-corrected chi connectivity index (χ2v) is 8.07. The molecule has 1 aliphatic heterocycles. The number of anilines is 1. The molecule has 2 aromatic rings. The van der Waals surface area contributed by atoms with Crippen LogP contribution in [0.1, 0.15) is 42.5 Å². The Morgan fingerprint density at radius 1 is 1.10 bits per heavy atom. The molecule has 0 bridgehead atoms. The molecule has 0 radical (unpaired) electrons. The second kappa shape index (κ2) is 9.23. The predicted octanol–water partition coefficient (Wildman–Crippen LogP) is 3.49. The molecule has 3 N–H and O–H groups in total. The van der Waals surface area contributed by atoms with E-state index in [1.807, 2.05) is 58.0 Å². The van der Waals surface area contributed by atoms with Crippen LogP contribution in [0.15, 0.2) is 42.5 Å². The van der Waals surface area contributed by atoms with Gasteiger partial charge < -0.3 is 16.0 Å². The summed E-state index contributed by atoms with van der Waals surface area (Å²) in [4.78, 5) is 25.9. The van der Waals surface area contributed by atoms with Crippen molar-refractivity contribution in [2.75, 3.05) is 5.32 Å². The molecule has 3 unspecified atom stereocenters. The molecule has 0 saturated heterocycles. The molecule has 0 aliphatic carbocycles. The molecule has 2 aromatic carbocycles. The van der Waals surface area contributed by atoms with Gasteiger partial charge in [0, 0.05) is 12.2 Å². The zero-order valence-corrected chi connectivity index (χ0v) is 17.7. The monoisotopic (exact) mass is 393 g/mol. The Kier molecular flexibility index (Phi) is 6.70. The summed E-state index contributed by atoms with van der Waals surface area (Å²) in [6.07, 6.45) is 1.43. The third kappa shape index (κ3) is 5.04. The van der Waals surface area contributed by atoms with Gasteiger partial charge in [-0.1, -0.05) is 50.6 Å². The van der Waals surface area contributed by atoms with Crippen LogP contribution in [0.5, 0.6) is 0 Å². The van der Waals surface area contributed by atoms with Crippen molar-refractivity contribution in [3.05, 3.63) is 64.7 Å². The number of carbonyl (C=O) groups excluding carboxylic acids is 2. The zero-order valence-electron chi connectivity index (χ0n) is 17.7. The fourth-order valence-corrected chi connectivity index (χ4v) is 3.63. The molecule has 3 atom stereocenters. The predicted molar refractivity (Wildman–Crippen MR) is 117 cm³/mol. The normalized spacial score (nSPS) is 17.7. The Morgan fingerprint density at radius 2 is 1.83 bits per heavy atom. The maximum atomic E-state index is 13.0. The van der Waals surface area contributed by atoms with E-state index in [9.17, 15) is 9.59 Å². The SMILES string of the molecule is CCC(C)C(NC(=O)C1Cc2ccccc2CN1)C(=O)Nc1ccc(C)c(C)c1. The molecule has 3 rings (SSSR count). The Morgan fingerprint density at radius 3 is 2.52 bits per heavy atom. The fraction of sp³-hybridized carbons (Fsp3) is 0.417. The van der Waals surface area contributed by atoms with Crippen molar-refractivity contribution in [2.24, 2.45) is 5.92 Å². The van der Waals surface area contributed by atoms with E-state index in [1.54, 1.807) is 0 Å². The Labute approximate surface area is 173 Å². The number of aryl methyl sites for hydroxylation is 2. The molecule has 29 heavy (non-hydrogen) atoms. The van der Waals surface area contributed by atoms with E-state index in [1.165, 1.54) is 16.7 Å². The van der Waals surface area contributed by atoms with Gasteiger partial charge in [0.2, 0.25) is 11.8 Å². The van der Waals surface area contributed by atoms with Gasteiger partial charge in [0.25, 0.3) is 0 Å². The van der Waals surface area contributed by atoms with Crippen LogP contribution in [0.4, 0.5) is 5.69 Å². The minimum absolute atomic E-state index is 0.0290. The average molecular weight is 394 g/mol. The topological polar surface area (TPSA) is 70.2 Å². The lowest BCUT2D eigenvalue weighted by atomic mass is 9.94. The van der Waals surface area contributed by atoms with E-state index >= 15 is 0 Å². The van der Waals surface area contributed by atoms with Crippen molar-refractivity contribution >= 4 is 17.5 Å². The van der Waals surface area contributed by atoms with Crippen molar-refractivity contribution in [3.8, 4) is 0 Å². The number of rotatable bonds is 6.